The molecule has 1 atom stereocenters. The molecular formula is C9H7Br2NOS. The minimum Gasteiger partial charge on any atom is -0.338 e. The molecule has 0 spiro atoms. The summed E-state index contributed by atoms with van der Waals surface area (Å²) in [6.45, 7) is 1.76. The Balaban J connectivity index is 2.76. The molecule has 0 bridgehead atoms. The number of carbonyl (C=O) groups is 1. The average molecular weight is 337 g/mol. The molecular weight excluding hydrogens is 330 g/mol. The first kappa shape index (κ1) is 11.8. The standard InChI is InChI=1S/C9H7Br2NOS/c1-3-5(2)12-9(13)7-4-6(10)8(11)14-7/h1,4-5H,2H3,(H,12,13). The zero-order chi connectivity index (χ0) is 10.7. The van der Waals surface area contributed by atoms with Gasteiger partial charge in [0.2, 0.25) is 0 Å². The van der Waals surface area contributed by atoms with Gasteiger partial charge < -0.3 is 5.32 Å². The molecule has 0 aromatic carbocycles. The predicted octanol–water partition coefficient (Wildman–Crippen LogP) is 3.02. The molecule has 74 valence electrons. The highest BCUT2D eigenvalue weighted by Gasteiger charge is 2.12. The minimum absolute atomic E-state index is 0.146. The molecule has 0 saturated carbocycles. The topological polar surface area (TPSA) is 29.1 Å². The molecule has 1 rings (SSSR count). The molecule has 0 aliphatic rings. The van der Waals surface area contributed by atoms with E-state index in [0.29, 0.717) is 4.88 Å². The molecule has 1 aromatic heterocycles. The van der Waals surface area contributed by atoms with E-state index in [9.17, 15) is 4.79 Å². The quantitative estimate of drug-likeness (QED) is 0.826. The van der Waals surface area contributed by atoms with E-state index < -0.39 is 0 Å². The van der Waals surface area contributed by atoms with Crippen molar-refractivity contribution in [3.8, 4) is 12.3 Å². The van der Waals surface area contributed by atoms with E-state index in [4.69, 9.17) is 6.42 Å². The van der Waals surface area contributed by atoms with Crippen LogP contribution in [0.25, 0.3) is 0 Å². The Bertz CT molecular complexity index is 375. The summed E-state index contributed by atoms with van der Waals surface area (Å²) in [4.78, 5) is 12.2. The number of hydrogen-bond acceptors (Lipinski definition) is 2. The van der Waals surface area contributed by atoms with Gasteiger partial charge in [-0.3, -0.25) is 4.79 Å². The van der Waals surface area contributed by atoms with Crippen LogP contribution in [-0.2, 0) is 0 Å². The molecule has 14 heavy (non-hydrogen) atoms. The maximum atomic E-state index is 11.5. The molecule has 0 fully saturated rings. The number of thiophene rings is 1. The Kier molecular flexibility index (Phi) is 4.17. The van der Waals surface area contributed by atoms with Gasteiger partial charge in [0.05, 0.1) is 14.7 Å². The van der Waals surface area contributed by atoms with Crippen molar-refractivity contribution in [2.75, 3.05) is 0 Å². The first-order valence-electron chi connectivity index (χ1n) is 3.76. The van der Waals surface area contributed by atoms with E-state index >= 15 is 0 Å². The summed E-state index contributed by atoms with van der Waals surface area (Å²) in [5, 5.41) is 2.68. The van der Waals surface area contributed by atoms with E-state index in [1.807, 2.05) is 0 Å². The number of rotatable bonds is 2. The van der Waals surface area contributed by atoms with Gasteiger partial charge in [-0.15, -0.1) is 17.8 Å². The van der Waals surface area contributed by atoms with Crippen LogP contribution in [0.5, 0.6) is 0 Å². The molecule has 5 heteroatoms. The summed E-state index contributed by atoms with van der Waals surface area (Å²) < 4.78 is 1.78. The second kappa shape index (κ2) is 4.96. The molecule has 1 aromatic rings. The highest BCUT2D eigenvalue weighted by Crippen LogP contribution is 2.32. The third-order valence-corrected chi connectivity index (χ3v) is 4.72. The van der Waals surface area contributed by atoms with E-state index in [1.54, 1.807) is 13.0 Å². The van der Waals surface area contributed by atoms with Crippen LogP contribution >= 0.6 is 43.2 Å². The van der Waals surface area contributed by atoms with Gasteiger partial charge in [-0.1, -0.05) is 5.92 Å². The zero-order valence-corrected chi connectivity index (χ0v) is 11.3. The van der Waals surface area contributed by atoms with Gasteiger partial charge in [-0.05, 0) is 44.8 Å². The third-order valence-electron chi connectivity index (χ3n) is 1.47. The molecule has 1 amide bonds. The van der Waals surface area contributed by atoms with E-state index in [-0.39, 0.29) is 11.9 Å². The Labute approximate surface area is 103 Å². The van der Waals surface area contributed by atoms with Crippen molar-refractivity contribution in [2.24, 2.45) is 0 Å². The monoisotopic (exact) mass is 335 g/mol. The van der Waals surface area contributed by atoms with E-state index in [1.165, 1.54) is 11.3 Å². The number of hydrogen-bond donors (Lipinski definition) is 1. The molecule has 2 nitrogen and oxygen atoms in total. The minimum atomic E-state index is -0.248. The molecule has 1 heterocycles. The Morgan fingerprint density at radius 2 is 2.36 bits per heavy atom. The number of carbonyl (C=O) groups excluding carboxylic acids is 1. The van der Waals surface area contributed by atoms with Gasteiger partial charge in [0.25, 0.3) is 5.91 Å². The van der Waals surface area contributed by atoms with Crippen LogP contribution in [-0.4, -0.2) is 11.9 Å². The Morgan fingerprint density at radius 1 is 1.71 bits per heavy atom. The first-order chi connectivity index (χ1) is 6.54. The van der Waals surface area contributed by atoms with Gasteiger partial charge in [-0.2, -0.15) is 0 Å². The fraction of sp³-hybridized carbons (Fsp3) is 0.222. The third kappa shape index (κ3) is 2.84. The van der Waals surface area contributed by atoms with Crippen molar-refractivity contribution in [2.45, 2.75) is 13.0 Å². The zero-order valence-electron chi connectivity index (χ0n) is 7.30. The van der Waals surface area contributed by atoms with Crippen molar-refractivity contribution in [1.82, 2.24) is 5.32 Å². The van der Waals surface area contributed by atoms with Crippen molar-refractivity contribution in [1.29, 1.82) is 0 Å². The number of halogens is 2. The van der Waals surface area contributed by atoms with Gasteiger partial charge in [-0.25, -0.2) is 0 Å². The SMILES string of the molecule is C#CC(C)NC(=O)c1cc(Br)c(Br)s1. The van der Waals surface area contributed by atoms with Crippen LogP contribution in [0.4, 0.5) is 0 Å². The van der Waals surface area contributed by atoms with Crippen LogP contribution < -0.4 is 5.32 Å². The molecule has 1 N–H and O–H groups in total. The lowest BCUT2D eigenvalue weighted by Gasteiger charge is -2.04. The van der Waals surface area contributed by atoms with Crippen LogP contribution in [0.2, 0.25) is 0 Å². The second-order valence-corrected chi connectivity index (χ2v) is 5.82. The lowest BCUT2D eigenvalue weighted by atomic mass is 10.3. The van der Waals surface area contributed by atoms with Crippen LogP contribution in [0, 0.1) is 12.3 Å². The summed E-state index contributed by atoms with van der Waals surface area (Å²) >= 11 is 7.99. The number of nitrogens with one attached hydrogen (secondary N) is 1. The summed E-state index contributed by atoms with van der Waals surface area (Å²) in [5.41, 5.74) is 0. The highest BCUT2D eigenvalue weighted by atomic mass is 79.9. The van der Waals surface area contributed by atoms with Crippen LogP contribution in [0.3, 0.4) is 0 Å². The lowest BCUT2D eigenvalue weighted by molar-refractivity contribution is 0.0952. The fourth-order valence-electron chi connectivity index (χ4n) is 0.768. The van der Waals surface area contributed by atoms with Crippen molar-refractivity contribution in [3.63, 3.8) is 0 Å². The maximum Gasteiger partial charge on any atom is 0.262 e. The molecule has 0 saturated heterocycles. The molecule has 0 aliphatic heterocycles. The van der Waals surface area contributed by atoms with Gasteiger partial charge in [0.15, 0.2) is 0 Å². The maximum absolute atomic E-state index is 11.5. The van der Waals surface area contributed by atoms with Crippen molar-refractivity contribution >= 4 is 49.1 Å². The predicted molar refractivity (Wildman–Crippen MR) is 65.5 cm³/mol. The number of amides is 1. The van der Waals surface area contributed by atoms with Crippen LogP contribution in [0.1, 0.15) is 16.6 Å². The van der Waals surface area contributed by atoms with Crippen LogP contribution in [0.15, 0.2) is 14.3 Å². The smallest absolute Gasteiger partial charge is 0.262 e. The fourth-order valence-corrected chi connectivity index (χ4v) is 2.71. The first-order valence-corrected chi connectivity index (χ1v) is 6.16. The highest BCUT2D eigenvalue weighted by molar-refractivity contribution is 9.13. The number of terminal acetylenes is 1. The Morgan fingerprint density at radius 3 is 2.79 bits per heavy atom. The molecule has 1 unspecified atom stereocenters. The van der Waals surface area contributed by atoms with Gasteiger partial charge >= 0.3 is 0 Å². The summed E-state index contributed by atoms with van der Waals surface area (Å²) in [6, 6.07) is 1.51. The summed E-state index contributed by atoms with van der Waals surface area (Å²) in [6.07, 6.45) is 5.15. The van der Waals surface area contributed by atoms with Gasteiger partial charge in [0.1, 0.15) is 0 Å². The normalized spacial score (nSPS) is 11.9. The van der Waals surface area contributed by atoms with Crippen molar-refractivity contribution in [3.05, 3.63) is 19.2 Å². The van der Waals surface area contributed by atoms with Crippen molar-refractivity contribution < 1.29 is 4.79 Å². The molecule has 0 aliphatic carbocycles. The second-order valence-electron chi connectivity index (χ2n) is 2.59. The Hall–Kier alpha value is -0.310. The summed E-state index contributed by atoms with van der Waals surface area (Å²) in [7, 11) is 0. The lowest BCUT2D eigenvalue weighted by Crippen LogP contribution is -2.30. The van der Waals surface area contributed by atoms with E-state index in [2.05, 4.69) is 43.1 Å². The van der Waals surface area contributed by atoms with Gasteiger partial charge in [0, 0.05) is 4.47 Å². The average Bonchev–Trinajstić information content (AvgIpc) is 2.47. The largest absolute Gasteiger partial charge is 0.338 e. The molecule has 0 radical (unpaired) electrons. The summed E-state index contributed by atoms with van der Waals surface area (Å²) in [5.74, 6) is 2.29. The van der Waals surface area contributed by atoms with E-state index in [0.717, 1.165) is 8.26 Å².